The summed E-state index contributed by atoms with van der Waals surface area (Å²) in [6.45, 7) is 0. The first-order chi connectivity index (χ1) is 35.8. The minimum absolute atomic E-state index is 1.09. The van der Waals surface area contributed by atoms with Crippen molar-refractivity contribution in [3.8, 4) is 11.4 Å². The van der Waals surface area contributed by atoms with Gasteiger partial charge in [-0.05, 0) is 0 Å². The van der Waals surface area contributed by atoms with E-state index in [4.69, 9.17) is 0 Å². The number of hydrogen-bond donors (Lipinski definition) is 0. The number of nitrogens with zero attached hydrogens (tertiary/aromatic N) is 5. The van der Waals surface area contributed by atoms with Gasteiger partial charge in [0.1, 0.15) is 0 Å². The molecule has 5 nitrogen and oxygen atoms in total. The molecule has 336 valence electrons. The zero-order valence-corrected chi connectivity index (χ0v) is 41.6. The standard InChI is InChI=1S/C66H44N5.Ga/c1-5-23-48(24-6-1)67(49-25-7-2-8-26-49)56-45-57(68(50-27-9-3-10-28-50)52-31-21-33-54(43-52)70-63-39-17-13-35-59(63)60-36-14-18-40-64(60)70)47-58(46-56)69(51-29-11-4-12-30-51)53-32-22-34-55(44-53)71-65-41-19-15-37-61(65)62-38-16-20-42-66(62)71;/h1-30,33-46H;. The summed E-state index contributed by atoms with van der Waals surface area (Å²) in [5.74, 6) is 0. The summed E-state index contributed by atoms with van der Waals surface area (Å²) in [4.78, 5) is 7.58. The molecule has 0 radical (unpaired) electrons. The van der Waals surface area contributed by atoms with Gasteiger partial charge in [-0.2, -0.15) is 0 Å². The number of rotatable bonds is 7. The summed E-state index contributed by atoms with van der Waals surface area (Å²) in [6.07, 6.45) is 0. The molecule has 11 aromatic carbocycles. The third-order valence-electron chi connectivity index (χ3n) is 15.0. The molecule has 2 aliphatic rings. The van der Waals surface area contributed by atoms with E-state index in [0.717, 1.165) is 39.8 Å². The van der Waals surface area contributed by atoms with Gasteiger partial charge in [-0.3, -0.25) is 0 Å². The van der Waals surface area contributed by atoms with Gasteiger partial charge in [-0.25, -0.2) is 0 Å². The first kappa shape index (κ1) is 40.9. The molecule has 0 bridgehead atoms. The van der Waals surface area contributed by atoms with Gasteiger partial charge < -0.3 is 0 Å². The van der Waals surface area contributed by atoms with Crippen molar-refractivity contribution in [2.75, 3.05) is 14.7 Å². The molecule has 0 atom stereocenters. The van der Waals surface area contributed by atoms with Crippen molar-refractivity contribution >= 4 is 123 Å². The van der Waals surface area contributed by atoms with Crippen LogP contribution < -0.4 is 27.1 Å². The van der Waals surface area contributed by atoms with Crippen LogP contribution in [0.2, 0.25) is 0 Å². The number of fused-ring (bicyclic) bond motifs is 10. The van der Waals surface area contributed by atoms with Crippen LogP contribution in [0, 0.1) is 0 Å². The number of hydrogen-bond acceptors (Lipinski definition) is 3. The molecule has 13 aromatic rings. The van der Waals surface area contributed by atoms with Crippen molar-refractivity contribution in [3.05, 3.63) is 267 Å². The fourth-order valence-electron chi connectivity index (χ4n) is 12.1. The number of anilines is 9. The van der Waals surface area contributed by atoms with Crippen molar-refractivity contribution in [2.45, 2.75) is 0 Å². The van der Waals surface area contributed by atoms with Gasteiger partial charge in [-0.1, -0.05) is 0 Å². The molecule has 72 heavy (non-hydrogen) atoms. The fourth-order valence-corrected chi connectivity index (χ4v) is 19.6. The third-order valence-corrected chi connectivity index (χ3v) is 22.1. The van der Waals surface area contributed by atoms with Crippen LogP contribution in [-0.4, -0.2) is 25.4 Å². The van der Waals surface area contributed by atoms with Crippen molar-refractivity contribution < 1.29 is 0 Å². The van der Waals surface area contributed by atoms with Gasteiger partial charge in [0, 0.05) is 0 Å². The molecule has 0 saturated heterocycles. The first-order valence-electron chi connectivity index (χ1n) is 24.8. The second-order valence-electron chi connectivity index (χ2n) is 18.9. The average molecular weight is 977 g/mol. The fraction of sp³-hybridized carbons (Fsp3) is 0. The van der Waals surface area contributed by atoms with Crippen LogP contribution in [0.15, 0.2) is 267 Å². The topological polar surface area (TPSA) is 19.6 Å². The summed E-state index contributed by atoms with van der Waals surface area (Å²) < 4.78 is 9.27. The zero-order valence-electron chi connectivity index (χ0n) is 39.2. The van der Waals surface area contributed by atoms with E-state index < -0.39 is 16.2 Å². The van der Waals surface area contributed by atoms with Crippen LogP contribution in [0.5, 0.6) is 0 Å². The van der Waals surface area contributed by atoms with Gasteiger partial charge in [0.15, 0.2) is 0 Å². The summed E-state index contributed by atoms with van der Waals surface area (Å²) >= 11 is -3.06. The molecule has 2 aromatic heterocycles. The number of para-hydroxylation sites is 8. The van der Waals surface area contributed by atoms with Gasteiger partial charge in [-0.15, -0.1) is 0 Å². The molecule has 0 N–H and O–H groups in total. The van der Waals surface area contributed by atoms with E-state index in [9.17, 15) is 0 Å². The quantitative estimate of drug-likeness (QED) is 0.148. The molecule has 0 saturated carbocycles. The molecule has 0 aliphatic carbocycles. The molecular formula is C66H44GaN5. The second-order valence-corrected chi connectivity index (χ2v) is 24.5. The van der Waals surface area contributed by atoms with Crippen LogP contribution in [0.3, 0.4) is 0 Å². The van der Waals surface area contributed by atoms with Crippen LogP contribution in [-0.2, 0) is 0 Å². The summed E-state index contributed by atoms with van der Waals surface area (Å²) in [5.41, 5.74) is 17.6. The Morgan fingerprint density at radius 3 is 0.972 bits per heavy atom. The average Bonchev–Trinajstić information content (AvgIpc) is 3.97. The monoisotopic (exact) mass is 975 g/mol. The van der Waals surface area contributed by atoms with Gasteiger partial charge >= 0.3 is 425 Å². The molecule has 15 rings (SSSR count). The summed E-state index contributed by atoms with van der Waals surface area (Å²) in [5, 5.41) is 5.02. The Kier molecular flexibility index (Phi) is 9.27. The normalized spacial score (nSPS) is 12.6. The second kappa shape index (κ2) is 16.3. The van der Waals surface area contributed by atoms with Crippen LogP contribution in [0.4, 0.5) is 51.2 Å². The molecule has 2 aliphatic heterocycles. The van der Waals surface area contributed by atoms with Gasteiger partial charge in [0.05, 0.1) is 0 Å². The Labute approximate surface area is 422 Å². The number of aromatic nitrogens is 2. The van der Waals surface area contributed by atoms with E-state index in [2.05, 4.69) is 291 Å². The molecule has 0 unspecified atom stereocenters. The Morgan fingerprint density at radius 2 is 0.597 bits per heavy atom. The Morgan fingerprint density at radius 1 is 0.264 bits per heavy atom. The van der Waals surface area contributed by atoms with E-state index in [0.29, 0.717) is 0 Å². The van der Waals surface area contributed by atoms with Gasteiger partial charge in [0.2, 0.25) is 0 Å². The maximum atomic E-state index is 2.57. The van der Waals surface area contributed by atoms with Crippen molar-refractivity contribution in [3.63, 3.8) is 0 Å². The molecule has 0 amide bonds. The van der Waals surface area contributed by atoms with Crippen molar-refractivity contribution in [1.29, 1.82) is 0 Å². The van der Waals surface area contributed by atoms with E-state index in [1.54, 1.807) is 0 Å². The summed E-state index contributed by atoms with van der Waals surface area (Å²) in [7, 11) is 0. The zero-order chi connectivity index (χ0) is 47.3. The van der Waals surface area contributed by atoms with E-state index in [1.807, 2.05) is 0 Å². The SMILES string of the molecule is c1ccc(N(c2ccccc2)c2cc3[c]4c(c2)N(c2ccccc2)c2cc(-n5c6ccccc6c6ccccc65)cc[c]2[Ga]4[c]2ccc(-n4c5ccccc5c5ccccc54)cc2N3c2ccccc2)cc1. The first-order valence-corrected chi connectivity index (χ1v) is 28.4. The predicted molar refractivity (Wildman–Crippen MR) is 304 cm³/mol. The molecular weight excluding hydrogens is 932 g/mol. The number of benzene rings is 11. The van der Waals surface area contributed by atoms with Crippen molar-refractivity contribution in [2.24, 2.45) is 0 Å². The summed E-state index contributed by atoms with van der Waals surface area (Å²) in [6, 6.07) is 98.9. The third kappa shape index (κ3) is 6.16. The van der Waals surface area contributed by atoms with E-state index in [-0.39, 0.29) is 0 Å². The minimum atomic E-state index is -3.06. The molecule has 6 heteroatoms. The van der Waals surface area contributed by atoms with E-state index >= 15 is 0 Å². The van der Waals surface area contributed by atoms with Crippen LogP contribution in [0.1, 0.15) is 0 Å². The Balaban J connectivity index is 1.06. The van der Waals surface area contributed by atoms with Crippen LogP contribution >= 0.6 is 0 Å². The van der Waals surface area contributed by atoms with Crippen molar-refractivity contribution in [1.82, 2.24) is 9.13 Å². The predicted octanol–water partition coefficient (Wildman–Crippen LogP) is 15.4. The Bertz CT molecular complexity index is 3870. The Hall–Kier alpha value is -8.94. The van der Waals surface area contributed by atoms with E-state index in [1.165, 1.54) is 78.7 Å². The van der Waals surface area contributed by atoms with Crippen LogP contribution in [0.25, 0.3) is 55.0 Å². The molecule has 4 heterocycles. The maximum absolute atomic E-state index is 3.06. The molecule has 0 fully saturated rings. The molecule has 0 spiro atoms. The van der Waals surface area contributed by atoms with Gasteiger partial charge in [0.25, 0.3) is 0 Å².